The van der Waals surface area contributed by atoms with Gasteiger partial charge in [-0.3, -0.25) is 5.32 Å². The van der Waals surface area contributed by atoms with Crippen LogP contribution >= 0.6 is 0 Å². The van der Waals surface area contributed by atoms with E-state index in [0.29, 0.717) is 5.92 Å². The quantitative estimate of drug-likeness (QED) is 0.356. The lowest BCUT2D eigenvalue weighted by atomic mass is 9.74. The molecule has 1 heterocycles. The van der Waals surface area contributed by atoms with Crippen LogP contribution in [-0.4, -0.2) is 0 Å². The third-order valence-corrected chi connectivity index (χ3v) is 7.74. The Morgan fingerprint density at radius 2 is 1.22 bits per heavy atom. The number of hydrogen-bond acceptors (Lipinski definition) is 1. The molecule has 4 aromatic carbocycles. The molecule has 32 heavy (non-hydrogen) atoms. The van der Waals surface area contributed by atoms with Crippen molar-refractivity contribution in [2.24, 2.45) is 0 Å². The van der Waals surface area contributed by atoms with E-state index in [2.05, 4.69) is 97.2 Å². The van der Waals surface area contributed by atoms with Gasteiger partial charge in [0.25, 0.3) is 0 Å². The highest BCUT2D eigenvalue weighted by atomic mass is 15.0. The molecule has 1 heteroatoms. The minimum atomic E-state index is 0.194. The van der Waals surface area contributed by atoms with Crippen molar-refractivity contribution in [3.8, 4) is 0 Å². The Labute approximate surface area is 191 Å². The molecule has 1 fully saturated rings. The average molecular weight is 418 g/mol. The second-order valence-corrected chi connectivity index (χ2v) is 9.65. The molecule has 2 atom stereocenters. The second kappa shape index (κ2) is 8.22. The third-order valence-electron chi connectivity index (χ3n) is 7.74. The molecular formula is C31H31N. The van der Waals surface area contributed by atoms with Crippen molar-refractivity contribution < 1.29 is 0 Å². The molecule has 0 amide bonds. The van der Waals surface area contributed by atoms with Crippen molar-refractivity contribution in [1.82, 2.24) is 5.32 Å². The van der Waals surface area contributed by atoms with Gasteiger partial charge in [-0.05, 0) is 69.8 Å². The van der Waals surface area contributed by atoms with Gasteiger partial charge in [0.15, 0.2) is 0 Å². The number of rotatable bonds is 3. The molecule has 0 spiro atoms. The molecule has 0 unspecified atom stereocenters. The molecule has 1 saturated carbocycles. The van der Waals surface area contributed by atoms with Crippen LogP contribution < -0.4 is 5.32 Å². The van der Waals surface area contributed by atoms with E-state index in [-0.39, 0.29) is 12.1 Å². The van der Waals surface area contributed by atoms with E-state index >= 15 is 0 Å². The zero-order chi connectivity index (χ0) is 21.5. The molecule has 0 saturated heterocycles. The summed E-state index contributed by atoms with van der Waals surface area (Å²) in [7, 11) is 0. The summed E-state index contributed by atoms with van der Waals surface area (Å²) in [5.41, 5.74) is 8.67. The largest absolute Gasteiger partial charge is 0.295 e. The van der Waals surface area contributed by atoms with E-state index < -0.39 is 0 Å². The van der Waals surface area contributed by atoms with Gasteiger partial charge < -0.3 is 0 Å². The van der Waals surface area contributed by atoms with Crippen molar-refractivity contribution >= 4 is 10.8 Å². The van der Waals surface area contributed by atoms with Crippen LogP contribution in [-0.2, 0) is 0 Å². The summed E-state index contributed by atoms with van der Waals surface area (Å²) in [6.07, 6.45) is 6.75. The summed E-state index contributed by atoms with van der Waals surface area (Å²) in [5.74, 6) is 0.679. The Morgan fingerprint density at radius 1 is 0.625 bits per heavy atom. The van der Waals surface area contributed by atoms with Gasteiger partial charge in [0.05, 0.1) is 12.1 Å². The van der Waals surface area contributed by atoms with Gasteiger partial charge >= 0.3 is 0 Å². The van der Waals surface area contributed by atoms with Crippen LogP contribution in [0.15, 0.2) is 84.9 Å². The molecule has 0 bridgehead atoms. The summed E-state index contributed by atoms with van der Waals surface area (Å²) < 4.78 is 0. The summed E-state index contributed by atoms with van der Waals surface area (Å²) >= 11 is 0. The molecule has 1 aliphatic carbocycles. The van der Waals surface area contributed by atoms with Gasteiger partial charge in [-0.15, -0.1) is 0 Å². The first-order valence-electron chi connectivity index (χ1n) is 12.2. The van der Waals surface area contributed by atoms with Gasteiger partial charge in [0.1, 0.15) is 0 Å². The molecule has 6 rings (SSSR count). The van der Waals surface area contributed by atoms with E-state index in [4.69, 9.17) is 0 Å². The van der Waals surface area contributed by atoms with Gasteiger partial charge in [-0.25, -0.2) is 0 Å². The van der Waals surface area contributed by atoms with E-state index in [1.165, 1.54) is 70.7 Å². The van der Waals surface area contributed by atoms with Crippen LogP contribution in [0.3, 0.4) is 0 Å². The molecule has 0 aromatic heterocycles. The topological polar surface area (TPSA) is 12.0 Å². The highest BCUT2D eigenvalue weighted by Gasteiger charge is 2.34. The number of hydrogen-bond donors (Lipinski definition) is 1. The molecule has 0 radical (unpaired) electrons. The standard InChI is InChI=1S/C31H31N/c1-21-17-18-23-19-20-26(22-11-5-2-6-12-22)29-28(23)27(21)30(24-13-7-3-8-14-24)32-31(29)25-15-9-4-10-16-25/h3-4,7-10,13-20,22,30-32H,2,5-6,11-12H2,1H3/t30-,31-/m0/s1. The molecule has 1 N–H and O–H groups in total. The van der Waals surface area contributed by atoms with Crippen LogP contribution in [0.25, 0.3) is 10.8 Å². The van der Waals surface area contributed by atoms with E-state index in [1.807, 2.05) is 0 Å². The van der Waals surface area contributed by atoms with E-state index in [0.717, 1.165) is 0 Å². The highest BCUT2D eigenvalue weighted by molar-refractivity contribution is 5.93. The van der Waals surface area contributed by atoms with Gasteiger partial charge in [-0.1, -0.05) is 104 Å². The maximum absolute atomic E-state index is 4.12. The van der Waals surface area contributed by atoms with E-state index in [9.17, 15) is 0 Å². The molecule has 2 aliphatic rings. The summed E-state index contributed by atoms with van der Waals surface area (Å²) in [5, 5.41) is 7.00. The van der Waals surface area contributed by atoms with E-state index in [1.54, 1.807) is 5.56 Å². The zero-order valence-electron chi connectivity index (χ0n) is 18.9. The van der Waals surface area contributed by atoms with Crippen molar-refractivity contribution in [2.45, 2.75) is 57.0 Å². The maximum Gasteiger partial charge on any atom is 0.0593 e. The molecule has 4 aromatic rings. The Kier molecular flexibility index (Phi) is 5.08. The van der Waals surface area contributed by atoms with Crippen LogP contribution in [0.1, 0.15) is 83.5 Å². The minimum Gasteiger partial charge on any atom is -0.295 e. The number of nitrogens with one attached hydrogen (secondary N) is 1. The van der Waals surface area contributed by atoms with Crippen molar-refractivity contribution in [3.63, 3.8) is 0 Å². The first kappa shape index (κ1) is 19.8. The lowest BCUT2D eigenvalue weighted by Gasteiger charge is -2.38. The smallest absolute Gasteiger partial charge is 0.0593 e. The van der Waals surface area contributed by atoms with Crippen molar-refractivity contribution in [1.29, 1.82) is 0 Å². The monoisotopic (exact) mass is 417 g/mol. The Hall–Kier alpha value is -2.90. The summed E-state index contributed by atoms with van der Waals surface area (Å²) in [6, 6.07) is 31.9. The molecule has 1 aliphatic heterocycles. The lowest BCUT2D eigenvalue weighted by Crippen LogP contribution is -2.34. The fourth-order valence-corrected chi connectivity index (χ4v) is 6.20. The zero-order valence-corrected chi connectivity index (χ0v) is 18.9. The van der Waals surface area contributed by atoms with Crippen LogP contribution in [0.4, 0.5) is 0 Å². The SMILES string of the molecule is Cc1ccc2ccc(C3CCCCC3)c3c2c1[C@H](c1ccccc1)N[C@H]3c1ccccc1. The Bertz CT molecular complexity index is 1240. The number of benzene rings is 4. The van der Waals surface area contributed by atoms with Crippen LogP contribution in [0.5, 0.6) is 0 Å². The maximum atomic E-state index is 4.12. The third kappa shape index (κ3) is 3.27. The summed E-state index contributed by atoms with van der Waals surface area (Å²) in [4.78, 5) is 0. The predicted molar refractivity (Wildman–Crippen MR) is 134 cm³/mol. The van der Waals surface area contributed by atoms with Gasteiger partial charge in [-0.2, -0.15) is 0 Å². The minimum absolute atomic E-state index is 0.194. The fraction of sp³-hybridized carbons (Fsp3) is 0.290. The molecule has 160 valence electrons. The normalized spacial score (nSPS) is 21.0. The summed E-state index contributed by atoms with van der Waals surface area (Å²) in [6.45, 7) is 2.28. The molecular weight excluding hydrogens is 386 g/mol. The Morgan fingerprint density at radius 3 is 1.88 bits per heavy atom. The fourth-order valence-electron chi connectivity index (χ4n) is 6.20. The van der Waals surface area contributed by atoms with Crippen LogP contribution in [0, 0.1) is 6.92 Å². The predicted octanol–water partition coefficient (Wildman–Crippen LogP) is 7.98. The highest BCUT2D eigenvalue weighted by Crippen LogP contribution is 2.48. The average Bonchev–Trinajstić information content (AvgIpc) is 2.87. The van der Waals surface area contributed by atoms with Gasteiger partial charge in [0, 0.05) is 0 Å². The first-order valence-corrected chi connectivity index (χ1v) is 12.2. The van der Waals surface area contributed by atoms with Crippen molar-refractivity contribution in [3.05, 3.63) is 118 Å². The first-order chi connectivity index (χ1) is 15.8. The molecule has 1 nitrogen and oxygen atoms in total. The van der Waals surface area contributed by atoms with Gasteiger partial charge in [0.2, 0.25) is 0 Å². The van der Waals surface area contributed by atoms with Crippen molar-refractivity contribution in [2.75, 3.05) is 0 Å². The number of aryl methyl sites for hydroxylation is 1. The second-order valence-electron chi connectivity index (χ2n) is 9.65. The Balaban J connectivity index is 1.66. The lowest BCUT2D eigenvalue weighted by molar-refractivity contribution is 0.436. The van der Waals surface area contributed by atoms with Crippen LogP contribution in [0.2, 0.25) is 0 Å².